The Labute approximate surface area is 90.9 Å². The molecule has 0 saturated carbocycles. The number of aromatic hydroxyl groups is 1. The van der Waals surface area contributed by atoms with Gasteiger partial charge in [-0.2, -0.15) is 0 Å². The van der Waals surface area contributed by atoms with Crippen LogP contribution in [0.5, 0.6) is 5.75 Å². The summed E-state index contributed by atoms with van der Waals surface area (Å²) in [6.45, 7) is 1.66. The second kappa shape index (κ2) is 3.65. The molecule has 1 N–H and O–H groups in total. The van der Waals surface area contributed by atoms with Crippen molar-refractivity contribution >= 4 is 5.82 Å². The number of imidazole rings is 1. The van der Waals surface area contributed by atoms with Crippen LogP contribution < -0.4 is 0 Å². The van der Waals surface area contributed by atoms with Crippen LogP contribution in [0, 0.1) is 17.0 Å². The summed E-state index contributed by atoms with van der Waals surface area (Å²) in [5.74, 6) is 0.395. The van der Waals surface area contributed by atoms with Gasteiger partial charge in [-0.1, -0.05) is 6.07 Å². The lowest BCUT2D eigenvalue weighted by atomic mass is 10.3. The molecule has 0 unspecified atom stereocenters. The number of hydrogen-bond donors (Lipinski definition) is 1. The normalized spacial score (nSPS) is 10.3. The monoisotopic (exact) mass is 219 g/mol. The Morgan fingerprint density at radius 1 is 1.50 bits per heavy atom. The molecule has 0 fully saturated rings. The van der Waals surface area contributed by atoms with Crippen molar-refractivity contribution in [1.29, 1.82) is 0 Å². The molecule has 1 aromatic carbocycles. The summed E-state index contributed by atoms with van der Waals surface area (Å²) >= 11 is 0. The smallest absolute Gasteiger partial charge is 0.382 e. The molecule has 6 heteroatoms. The first kappa shape index (κ1) is 10.2. The van der Waals surface area contributed by atoms with Crippen LogP contribution >= 0.6 is 0 Å². The van der Waals surface area contributed by atoms with Gasteiger partial charge >= 0.3 is 5.82 Å². The zero-order valence-corrected chi connectivity index (χ0v) is 8.49. The summed E-state index contributed by atoms with van der Waals surface area (Å²) in [7, 11) is 0. The minimum Gasteiger partial charge on any atom is -0.508 e. The number of hydrogen-bond acceptors (Lipinski definition) is 4. The van der Waals surface area contributed by atoms with Gasteiger partial charge in [0.25, 0.3) is 0 Å². The summed E-state index contributed by atoms with van der Waals surface area (Å²) in [6, 6.07) is 6.44. The second-order valence-electron chi connectivity index (χ2n) is 3.29. The van der Waals surface area contributed by atoms with E-state index in [1.807, 2.05) is 0 Å². The number of phenolic OH excluding ortho intramolecular Hbond substituents is 1. The predicted molar refractivity (Wildman–Crippen MR) is 56.6 cm³/mol. The molecule has 0 bridgehead atoms. The fourth-order valence-electron chi connectivity index (χ4n) is 1.45. The zero-order chi connectivity index (χ0) is 11.7. The highest BCUT2D eigenvalue weighted by molar-refractivity contribution is 5.41. The lowest BCUT2D eigenvalue weighted by Crippen LogP contribution is -1.94. The molecular formula is C10H9N3O3. The Balaban J connectivity index is 2.52. The molecule has 2 aromatic rings. The van der Waals surface area contributed by atoms with Crippen molar-refractivity contribution in [1.82, 2.24) is 9.55 Å². The quantitative estimate of drug-likeness (QED) is 0.616. The van der Waals surface area contributed by atoms with Crippen molar-refractivity contribution in [3.8, 4) is 11.4 Å². The molecule has 0 aliphatic heterocycles. The molecule has 0 spiro atoms. The van der Waals surface area contributed by atoms with E-state index in [0.717, 1.165) is 0 Å². The van der Waals surface area contributed by atoms with E-state index in [2.05, 4.69) is 4.98 Å². The standard InChI is InChI=1S/C10H9N3O3/c1-7-11-10(13(15)16)6-12(7)8-3-2-4-9(14)5-8/h2-6,14H,1H3. The van der Waals surface area contributed by atoms with Crippen molar-refractivity contribution < 1.29 is 10.0 Å². The van der Waals surface area contributed by atoms with Gasteiger partial charge in [0.05, 0.1) is 5.69 Å². The summed E-state index contributed by atoms with van der Waals surface area (Å²) in [5, 5.41) is 19.9. The molecule has 6 nitrogen and oxygen atoms in total. The molecule has 0 aliphatic rings. The van der Waals surface area contributed by atoms with Crippen LogP contribution in [0.25, 0.3) is 5.69 Å². The van der Waals surface area contributed by atoms with Crippen molar-refractivity contribution in [2.75, 3.05) is 0 Å². The Morgan fingerprint density at radius 2 is 2.25 bits per heavy atom. The number of aromatic nitrogens is 2. The maximum Gasteiger partial charge on any atom is 0.382 e. The molecule has 0 amide bonds. The zero-order valence-electron chi connectivity index (χ0n) is 8.49. The molecule has 0 atom stereocenters. The minimum atomic E-state index is -0.549. The fraction of sp³-hybridized carbons (Fsp3) is 0.100. The fourth-order valence-corrected chi connectivity index (χ4v) is 1.45. The number of aryl methyl sites for hydroxylation is 1. The van der Waals surface area contributed by atoms with Gasteiger partial charge in [-0.3, -0.25) is 4.57 Å². The third-order valence-corrected chi connectivity index (χ3v) is 2.16. The summed E-state index contributed by atoms with van der Waals surface area (Å²) < 4.78 is 1.55. The van der Waals surface area contributed by atoms with E-state index in [0.29, 0.717) is 11.5 Å². The van der Waals surface area contributed by atoms with Gasteiger partial charge in [0.2, 0.25) is 5.82 Å². The van der Waals surface area contributed by atoms with Crippen LogP contribution in [0.1, 0.15) is 5.82 Å². The van der Waals surface area contributed by atoms with Crippen LogP contribution in [0.4, 0.5) is 5.82 Å². The maximum atomic E-state index is 10.5. The Kier molecular flexibility index (Phi) is 2.32. The summed E-state index contributed by atoms with van der Waals surface area (Å²) in [6.07, 6.45) is 1.32. The first-order chi connectivity index (χ1) is 7.58. The highest BCUT2D eigenvalue weighted by Crippen LogP contribution is 2.19. The third kappa shape index (κ3) is 1.72. The van der Waals surface area contributed by atoms with E-state index in [4.69, 9.17) is 0 Å². The topological polar surface area (TPSA) is 81.2 Å². The Hall–Kier alpha value is -2.37. The van der Waals surface area contributed by atoms with Gasteiger partial charge in [0.15, 0.2) is 0 Å². The van der Waals surface area contributed by atoms with Crippen molar-refractivity contribution in [3.05, 3.63) is 46.4 Å². The average Bonchev–Trinajstić information content (AvgIpc) is 2.60. The average molecular weight is 219 g/mol. The first-order valence-corrected chi connectivity index (χ1v) is 4.58. The SMILES string of the molecule is Cc1nc([N+](=O)[O-])cn1-c1cccc(O)c1. The molecule has 1 heterocycles. The van der Waals surface area contributed by atoms with E-state index in [9.17, 15) is 15.2 Å². The summed E-state index contributed by atoms with van der Waals surface area (Å²) in [4.78, 5) is 13.8. The van der Waals surface area contributed by atoms with Crippen molar-refractivity contribution in [2.45, 2.75) is 6.92 Å². The number of nitro groups is 1. The van der Waals surface area contributed by atoms with E-state index in [1.54, 1.807) is 23.6 Å². The molecule has 1 aromatic heterocycles. The van der Waals surface area contributed by atoms with Gasteiger partial charge in [0.1, 0.15) is 11.9 Å². The first-order valence-electron chi connectivity index (χ1n) is 4.58. The number of phenols is 1. The molecule has 0 saturated heterocycles. The molecule has 16 heavy (non-hydrogen) atoms. The molecule has 0 aliphatic carbocycles. The lowest BCUT2D eigenvalue weighted by molar-refractivity contribution is -0.389. The molecule has 0 radical (unpaired) electrons. The minimum absolute atomic E-state index is 0.105. The molecular weight excluding hydrogens is 210 g/mol. The van der Waals surface area contributed by atoms with E-state index >= 15 is 0 Å². The van der Waals surface area contributed by atoms with Gasteiger partial charge < -0.3 is 15.2 Å². The van der Waals surface area contributed by atoms with E-state index < -0.39 is 4.92 Å². The molecule has 2 rings (SSSR count). The molecule has 82 valence electrons. The van der Waals surface area contributed by atoms with Gasteiger partial charge in [-0.15, -0.1) is 0 Å². The maximum absolute atomic E-state index is 10.5. The van der Waals surface area contributed by atoms with E-state index in [-0.39, 0.29) is 11.6 Å². The highest BCUT2D eigenvalue weighted by Gasteiger charge is 2.15. The third-order valence-electron chi connectivity index (χ3n) is 2.16. The van der Waals surface area contributed by atoms with Crippen LogP contribution in [-0.4, -0.2) is 19.6 Å². The van der Waals surface area contributed by atoms with Gasteiger partial charge in [-0.25, -0.2) is 0 Å². The number of benzene rings is 1. The van der Waals surface area contributed by atoms with Gasteiger partial charge in [-0.05, 0) is 22.0 Å². The lowest BCUT2D eigenvalue weighted by Gasteiger charge is -2.01. The van der Waals surface area contributed by atoms with Gasteiger partial charge in [0, 0.05) is 13.0 Å². The Bertz CT molecular complexity index is 548. The predicted octanol–water partition coefficient (Wildman–Crippen LogP) is 1.79. The number of rotatable bonds is 2. The van der Waals surface area contributed by atoms with E-state index in [1.165, 1.54) is 18.3 Å². The number of nitrogens with zero attached hydrogens (tertiary/aromatic N) is 3. The van der Waals surface area contributed by atoms with Crippen LogP contribution in [0.2, 0.25) is 0 Å². The Morgan fingerprint density at radius 3 is 2.81 bits per heavy atom. The highest BCUT2D eigenvalue weighted by atomic mass is 16.6. The summed E-state index contributed by atoms with van der Waals surface area (Å²) in [5.41, 5.74) is 0.637. The largest absolute Gasteiger partial charge is 0.508 e. The second-order valence-corrected chi connectivity index (χ2v) is 3.29. The van der Waals surface area contributed by atoms with Crippen LogP contribution in [0.3, 0.4) is 0 Å². The van der Waals surface area contributed by atoms with Crippen molar-refractivity contribution in [3.63, 3.8) is 0 Å². The van der Waals surface area contributed by atoms with Crippen LogP contribution in [-0.2, 0) is 0 Å². The van der Waals surface area contributed by atoms with Crippen LogP contribution in [0.15, 0.2) is 30.5 Å². The van der Waals surface area contributed by atoms with Crippen molar-refractivity contribution in [2.24, 2.45) is 0 Å².